The summed E-state index contributed by atoms with van der Waals surface area (Å²) in [7, 11) is 0. The molecule has 0 atom stereocenters. The van der Waals surface area contributed by atoms with E-state index in [0.717, 1.165) is 5.52 Å². The van der Waals surface area contributed by atoms with E-state index in [1.54, 1.807) is 0 Å². The van der Waals surface area contributed by atoms with Gasteiger partial charge in [0.1, 0.15) is 0 Å². The first-order valence-electron chi connectivity index (χ1n) is 10.2. The summed E-state index contributed by atoms with van der Waals surface area (Å²) in [6.07, 6.45) is 1.89. The van der Waals surface area contributed by atoms with Gasteiger partial charge in [-0.1, -0.05) is 97.1 Å². The Labute approximate surface area is 175 Å². The van der Waals surface area contributed by atoms with Crippen LogP contribution in [0.4, 0.5) is 0 Å². The summed E-state index contributed by atoms with van der Waals surface area (Å²) in [4.78, 5) is 4.77. The molecule has 5 aromatic carbocycles. The van der Waals surface area contributed by atoms with Gasteiger partial charge in [0, 0.05) is 17.1 Å². The van der Waals surface area contributed by atoms with Gasteiger partial charge in [-0.15, -0.1) is 0 Å². The van der Waals surface area contributed by atoms with Crippen molar-refractivity contribution >= 4 is 32.4 Å². The molecule has 0 unspecified atom stereocenters. The molecular weight excluding hydrogens is 362 g/mol. The second-order valence-electron chi connectivity index (χ2n) is 7.65. The Morgan fingerprint density at radius 1 is 0.433 bits per heavy atom. The maximum absolute atomic E-state index is 4.77. The minimum absolute atomic E-state index is 1.05. The number of rotatable bonds is 2. The first-order chi connectivity index (χ1) is 14.9. The van der Waals surface area contributed by atoms with Crippen LogP contribution in [0, 0.1) is 0 Å². The quantitative estimate of drug-likeness (QED) is 0.278. The summed E-state index contributed by atoms with van der Waals surface area (Å²) in [5.41, 5.74) is 5.87. The lowest BCUT2D eigenvalue weighted by Gasteiger charge is -2.12. The first-order valence-corrected chi connectivity index (χ1v) is 10.2. The van der Waals surface area contributed by atoms with Crippen LogP contribution in [-0.2, 0) is 0 Å². The van der Waals surface area contributed by atoms with Crippen molar-refractivity contribution in [3.63, 3.8) is 0 Å². The molecule has 0 saturated heterocycles. The van der Waals surface area contributed by atoms with E-state index in [9.17, 15) is 0 Å². The highest BCUT2D eigenvalue weighted by Gasteiger charge is 2.11. The predicted molar refractivity (Wildman–Crippen MR) is 128 cm³/mol. The Bertz CT molecular complexity index is 1510. The van der Waals surface area contributed by atoms with Crippen LogP contribution in [-0.4, -0.2) is 4.98 Å². The van der Waals surface area contributed by atoms with Crippen LogP contribution in [0.15, 0.2) is 115 Å². The van der Waals surface area contributed by atoms with Crippen molar-refractivity contribution in [2.24, 2.45) is 0 Å². The van der Waals surface area contributed by atoms with Gasteiger partial charge in [-0.05, 0) is 50.4 Å². The molecule has 0 aliphatic rings. The van der Waals surface area contributed by atoms with Crippen LogP contribution in [0.3, 0.4) is 0 Å². The normalized spacial score (nSPS) is 11.3. The van der Waals surface area contributed by atoms with Gasteiger partial charge in [-0.3, -0.25) is 4.98 Å². The molecule has 0 bridgehead atoms. The molecule has 0 aliphatic carbocycles. The number of hydrogen-bond donors (Lipinski definition) is 0. The minimum atomic E-state index is 1.05. The van der Waals surface area contributed by atoms with Gasteiger partial charge in [0.2, 0.25) is 0 Å². The molecule has 0 radical (unpaired) electrons. The Morgan fingerprint density at radius 3 is 2.00 bits per heavy atom. The third-order valence-electron chi connectivity index (χ3n) is 5.92. The number of pyridine rings is 1. The highest BCUT2D eigenvalue weighted by Crippen LogP contribution is 2.37. The lowest BCUT2D eigenvalue weighted by atomic mass is 9.92. The van der Waals surface area contributed by atoms with E-state index in [0.29, 0.717) is 0 Å². The summed E-state index contributed by atoms with van der Waals surface area (Å²) in [6.45, 7) is 0. The SMILES string of the molecule is c1ccc(-c2ccc(-c3cc4c5ccccc5ccc4c4cccnc34)cc2)cc1. The smallest absolute Gasteiger partial charge is 0.0786 e. The average molecular weight is 381 g/mol. The zero-order chi connectivity index (χ0) is 19.9. The molecule has 30 heavy (non-hydrogen) atoms. The zero-order valence-electron chi connectivity index (χ0n) is 16.4. The number of hydrogen-bond acceptors (Lipinski definition) is 1. The Kier molecular flexibility index (Phi) is 3.85. The molecule has 0 fully saturated rings. The highest BCUT2D eigenvalue weighted by atomic mass is 14.6. The summed E-state index contributed by atoms with van der Waals surface area (Å²) in [5, 5.41) is 6.27. The number of benzene rings is 5. The monoisotopic (exact) mass is 381 g/mol. The molecule has 140 valence electrons. The zero-order valence-corrected chi connectivity index (χ0v) is 16.4. The number of aromatic nitrogens is 1. The fourth-order valence-electron chi connectivity index (χ4n) is 4.43. The molecule has 1 aromatic heterocycles. The van der Waals surface area contributed by atoms with Gasteiger partial charge in [0.25, 0.3) is 0 Å². The molecular formula is C29H19N. The van der Waals surface area contributed by atoms with Crippen molar-refractivity contribution in [1.29, 1.82) is 0 Å². The maximum Gasteiger partial charge on any atom is 0.0786 e. The van der Waals surface area contributed by atoms with Gasteiger partial charge in [-0.2, -0.15) is 0 Å². The van der Waals surface area contributed by atoms with E-state index in [-0.39, 0.29) is 0 Å². The summed E-state index contributed by atoms with van der Waals surface area (Å²) in [6, 6.07) is 38.9. The second kappa shape index (κ2) is 6.82. The summed E-state index contributed by atoms with van der Waals surface area (Å²) < 4.78 is 0. The summed E-state index contributed by atoms with van der Waals surface area (Å²) >= 11 is 0. The second-order valence-corrected chi connectivity index (χ2v) is 7.65. The Hall–Kier alpha value is -3.97. The number of fused-ring (bicyclic) bond motifs is 5. The fourth-order valence-corrected chi connectivity index (χ4v) is 4.43. The largest absolute Gasteiger partial charge is 0.256 e. The molecule has 6 aromatic rings. The van der Waals surface area contributed by atoms with Crippen LogP contribution < -0.4 is 0 Å². The van der Waals surface area contributed by atoms with Crippen LogP contribution in [0.2, 0.25) is 0 Å². The first kappa shape index (κ1) is 16.9. The van der Waals surface area contributed by atoms with E-state index in [1.807, 2.05) is 12.3 Å². The standard InChI is InChI=1S/C29H19N/c1-2-7-20(8-3-1)21-12-14-23(15-13-21)27-19-28-24-10-5-4-9-22(24)16-17-25(28)26-11-6-18-30-29(26)27/h1-19H. The Balaban J connectivity index is 1.62. The third-order valence-corrected chi connectivity index (χ3v) is 5.92. The van der Waals surface area contributed by atoms with Crippen molar-refractivity contribution in [2.75, 3.05) is 0 Å². The van der Waals surface area contributed by atoms with E-state index >= 15 is 0 Å². The van der Waals surface area contributed by atoms with Gasteiger partial charge in [-0.25, -0.2) is 0 Å². The highest BCUT2D eigenvalue weighted by molar-refractivity contribution is 6.20. The molecule has 0 spiro atoms. The van der Waals surface area contributed by atoms with Gasteiger partial charge in [0.15, 0.2) is 0 Å². The van der Waals surface area contributed by atoms with Crippen LogP contribution in [0.25, 0.3) is 54.7 Å². The maximum atomic E-state index is 4.77. The number of nitrogens with zero attached hydrogens (tertiary/aromatic N) is 1. The van der Waals surface area contributed by atoms with E-state index in [4.69, 9.17) is 4.98 Å². The lowest BCUT2D eigenvalue weighted by molar-refractivity contribution is 1.42. The lowest BCUT2D eigenvalue weighted by Crippen LogP contribution is -1.88. The van der Waals surface area contributed by atoms with E-state index < -0.39 is 0 Å². The van der Waals surface area contributed by atoms with E-state index in [2.05, 4.69) is 103 Å². The van der Waals surface area contributed by atoms with Crippen LogP contribution in [0.5, 0.6) is 0 Å². The summed E-state index contributed by atoms with van der Waals surface area (Å²) in [5.74, 6) is 0. The van der Waals surface area contributed by atoms with Crippen LogP contribution >= 0.6 is 0 Å². The molecule has 1 heterocycles. The molecule has 0 aliphatic heterocycles. The van der Waals surface area contributed by atoms with Crippen molar-refractivity contribution in [3.05, 3.63) is 115 Å². The van der Waals surface area contributed by atoms with E-state index in [1.165, 1.54) is 49.2 Å². The minimum Gasteiger partial charge on any atom is -0.256 e. The van der Waals surface area contributed by atoms with Crippen LogP contribution in [0.1, 0.15) is 0 Å². The molecule has 0 amide bonds. The van der Waals surface area contributed by atoms with Gasteiger partial charge < -0.3 is 0 Å². The Morgan fingerprint density at radius 2 is 1.13 bits per heavy atom. The average Bonchev–Trinajstić information content (AvgIpc) is 2.84. The fraction of sp³-hybridized carbons (Fsp3) is 0. The topological polar surface area (TPSA) is 12.9 Å². The third kappa shape index (κ3) is 2.67. The van der Waals surface area contributed by atoms with Crippen molar-refractivity contribution in [2.45, 2.75) is 0 Å². The molecule has 0 N–H and O–H groups in total. The molecule has 1 heteroatoms. The predicted octanol–water partition coefficient (Wildman–Crippen LogP) is 7.88. The molecule has 6 rings (SSSR count). The van der Waals surface area contributed by atoms with Crippen molar-refractivity contribution in [3.8, 4) is 22.3 Å². The van der Waals surface area contributed by atoms with Gasteiger partial charge in [0.05, 0.1) is 5.52 Å². The van der Waals surface area contributed by atoms with Crippen molar-refractivity contribution < 1.29 is 0 Å². The molecule has 1 nitrogen and oxygen atoms in total. The van der Waals surface area contributed by atoms with Gasteiger partial charge >= 0.3 is 0 Å². The van der Waals surface area contributed by atoms with Crippen molar-refractivity contribution in [1.82, 2.24) is 4.98 Å². The molecule has 0 saturated carbocycles.